The maximum Gasteiger partial charge on any atom is 0.239 e. The van der Waals surface area contributed by atoms with Crippen molar-refractivity contribution in [1.29, 1.82) is 0 Å². The van der Waals surface area contributed by atoms with Crippen LogP contribution in [0.1, 0.15) is 52.9 Å². The minimum atomic E-state index is -0.316. The standard InChI is InChI=1S/C15H30N2O2.ClH/c1-4-5-14(16)15(18)17-9-6-13(7-10-17)19-11-8-12(2)3;/h12-14H,4-11,16H2,1-3H3;1H. The van der Waals surface area contributed by atoms with Crippen molar-refractivity contribution in [2.75, 3.05) is 19.7 Å². The minimum Gasteiger partial charge on any atom is -0.378 e. The third-order valence-electron chi connectivity index (χ3n) is 3.72. The molecule has 4 nitrogen and oxygen atoms in total. The molecule has 5 heteroatoms. The lowest BCUT2D eigenvalue weighted by Crippen LogP contribution is -2.48. The Labute approximate surface area is 129 Å². The SMILES string of the molecule is CCCC(N)C(=O)N1CCC(OCCC(C)C)CC1.Cl. The van der Waals surface area contributed by atoms with E-state index in [1.54, 1.807) is 0 Å². The maximum absolute atomic E-state index is 12.1. The lowest BCUT2D eigenvalue weighted by atomic mass is 10.1. The van der Waals surface area contributed by atoms with Gasteiger partial charge in [-0.1, -0.05) is 27.2 Å². The fourth-order valence-electron chi connectivity index (χ4n) is 2.38. The number of carbonyl (C=O) groups excluding carboxylic acids is 1. The van der Waals surface area contributed by atoms with Crippen molar-refractivity contribution in [3.63, 3.8) is 0 Å². The van der Waals surface area contributed by atoms with Gasteiger partial charge in [0.1, 0.15) is 0 Å². The predicted octanol–water partition coefficient (Wildman–Crippen LogP) is 2.59. The molecule has 0 aromatic heterocycles. The zero-order valence-corrected chi connectivity index (χ0v) is 14.0. The fourth-order valence-corrected chi connectivity index (χ4v) is 2.38. The summed E-state index contributed by atoms with van der Waals surface area (Å²) < 4.78 is 5.86. The number of hydrogen-bond donors (Lipinski definition) is 1. The number of carbonyl (C=O) groups is 1. The van der Waals surface area contributed by atoms with Gasteiger partial charge < -0.3 is 15.4 Å². The Kier molecular flexibility index (Phi) is 10.2. The van der Waals surface area contributed by atoms with Crippen molar-refractivity contribution in [3.05, 3.63) is 0 Å². The smallest absolute Gasteiger partial charge is 0.239 e. The first-order valence-corrected chi connectivity index (χ1v) is 7.70. The molecule has 0 spiro atoms. The summed E-state index contributed by atoms with van der Waals surface area (Å²) >= 11 is 0. The third-order valence-corrected chi connectivity index (χ3v) is 3.72. The Morgan fingerprint density at radius 1 is 1.30 bits per heavy atom. The van der Waals surface area contributed by atoms with E-state index in [4.69, 9.17) is 10.5 Å². The second-order valence-electron chi connectivity index (χ2n) is 5.97. The Balaban J connectivity index is 0.00000361. The molecule has 0 saturated carbocycles. The van der Waals surface area contributed by atoms with Crippen molar-refractivity contribution in [3.8, 4) is 0 Å². The first-order chi connectivity index (χ1) is 9.04. The van der Waals surface area contributed by atoms with Crippen LogP contribution in [-0.4, -0.2) is 42.6 Å². The number of piperidine rings is 1. The average Bonchev–Trinajstić information content (AvgIpc) is 2.38. The normalized spacial score (nSPS) is 17.9. The molecule has 0 radical (unpaired) electrons. The molecule has 1 rings (SSSR count). The van der Waals surface area contributed by atoms with Gasteiger partial charge in [0.15, 0.2) is 0 Å². The van der Waals surface area contributed by atoms with E-state index < -0.39 is 0 Å². The number of amides is 1. The second-order valence-corrected chi connectivity index (χ2v) is 5.97. The number of ether oxygens (including phenoxy) is 1. The predicted molar refractivity (Wildman–Crippen MR) is 85.1 cm³/mol. The molecule has 0 bridgehead atoms. The van der Waals surface area contributed by atoms with Crippen LogP contribution in [0.4, 0.5) is 0 Å². The van der Waals surface area contributed by atoms with Crippen molar-refractivity contribution in [2.24, 2.45) is 11.7 Å². The molecule has 1 atom stereocenters. The molecule has 1 saturated heterocycles. The van der Waals surface area contributed by atoms with Gasteiger partial charge in [-0.2, -0.15) is 0 Å². The van der Waals surface area contributed by atoms with Crippen LogP contribution >= 0.6 is 12.4 Å². The highest BCUT2D eigenvalue weighted by molar-refractivity contribution is 5.85. The quantitative estimate of drug-likeness (QED) is 0.786. The molecule has 0 aliphatic carbocycles. The van der Waals surface area contributed by atoms with Crippen LogP contribution in [0.15, 0.2) is 0 Å². The average molecular weight is 307 g/mol. The summed E-state index contributed by atoms with van der Waals surface area (Å²) in [4.78, 5) is 14.0. The Bertz CT molecular complexity index is 267. The molecule has 1 aliphatic heterocycles. The van der Waals surface area contributed by atoms with Crippen LogP contribution in [0.5, 0.6) is 0 Å². The highest BCUT2D eigenvalue weighted by Gasteiger charge is 2.26. The molecule has 1 aliphatic rings. The van der Waals surface area contributed by atoms with E-state index in [0.29, 0.717) is 12.0 Å². The van der Waals surface area contributed by atoms with E-state index in [9.17, 15) is 4.79 Å². The monoisotopic (exact) mass is 306 g/mol. The highest BCUT2D eigenvalue weighted by Crippen LogP contribution is 2.16. The van der Waals surface area contributed by atoms with Gasteiger partial charge in [-0.3, -0.25) is 4.79 Å². The summed E-state index contributed by atoms with van der Waals surface area (Å²) in [6.07, 6.45) is 5.07. The molecule has 1 heterocycles. The van der Waals surface area contributed by atoms with Gasteiger partial charge in [0.05, 0.1) is 12.1 Å². The second kappa shape index (κ2) is 10.4. The topological polar surface area (TPSA) is 55.6 Å². The van der Waals surface area contributed by atoms with Crippen molar-refractivity contribution < 1.29 is 9.53 Å². The van der Waals surface area contributed by atoms with Crippen molar-refractivity contribution in [2.45, 2.75) is 65.0 Å². The zero-order chi connectivity index (χ0) is 14.3. The van der Waals surface area contributed by atoms with Gasteiger partial charge in [0, 0.05) is 19.7 Å². The number of rotatable bonds is 7. The number of nitrogens with zero attached hydrogens (tertiary/aromatic N) is 1. The number of likely N-dealkylation sites (tertiary alicyclic amines) is 1. The van der Waals surface area contributed by atoms with Crippen LogP contribution in [-0.2, 0) is 9.53 Å². The molecular formula is C15H31ClN2O2. The molecule has 1 amide bonds. The Morgan fingerprint density at radius 2 is 1.90 bits per heavy atom. The largest absolute Gasteiger partial charge is 0.378 e. The molecule has 120 valence electrons. The van der Waals surface area contributed by atoms with Crippen LogP contribution < -0.4 is 5.73 Å². The zero-order valence-electron chi connectivity index (χ0n) is 13.1. The lowest BCUT2D eigenvalue weighted by Gasteiger charge is -2.33. The molecular weight excluding hydrogens is 276 g/mol. The van der Waals surface area contributed by atoms with E-state index >= 15 is 0 Å². The van der Waals surface area contributed by atoms with Crippen LogP contribution in [0, 0.1) is 5.92 Å². The van der Waals surface area contributed by atoms with Gasteiger partial charge in [-0.15, -0.1) is 12.4 Å². The van der Waals surface area contributed by atoms with E-state index in [1.807, 2.05) is 4.90 Å². The van der Waals surface area contributed by atoms with Crippen LogP contribution in [0.3, 0.4) is 0 Å². The number of nitrogens with two attached hydrogens (primary N) is 1. The van der Waals surface area contributed by atoms with Gasteiger partial charge in [0.2, 0.25) is 5.91 Å². The summed E-state index contributed by atoms with van der Waals surface area (Å²) in [6, 6.07) is -0.316. The molecule has 2 N–H and O–H groups in total. The molecule has 20 heavy (non-hydrogen) atoms. The van der Waals surface area contributed by atoms with Gasteiger partial charge in [-0.05, 0) is 31.6 Å². The molecule has 1 fully saturated rings. The van der Waals surface area contributed by atoms with Crippen molar-refractivity contribution >= 4 is 18.3 Å². The van der Waals surface area contributed by atoms with Crippen LogP contribution in [0.25, 0.3) is 0 Å². The first kappa shape index (κ1) is 19.7. The summed E-state index contributed by atoms with van der Waals surface area (Å²) in [5.74, 6) is 0.802. The first-order valence-electron chi connectivity index (χ1n) is 7.70. The summed E-state index contributed by atoms with van der Waals surface area (Å²) in [7, 11) is 0. The lowest BCUT2D eigenvalue weighted by molar-refractivity contribution is -0.135. The van der Waals surface area contributed by atoms with Gasteiger partial charge in [-0.25, -0.2) is 0 Å². The third kappa shape index (κ3) is 6.91. The molecule has 1 unspecified atom stereocenters. The Hall–Kier alpha value is -0.320. The summed E-state index contributed by atoms with van der Waals surface area (Å²) in [5.41, 5.74) is 5.88. The van der Waals surface area contributed by atoms with E-state index in [-0.39, 0.29) is 24.4 Å². The Morgan fingerprint density at radius 3 is 2.40 bits per heavy atom. The maximum atomic E-state index is 12.1. The van der Waals surface area contributed by atoms with E-state index in [0.717, 1.165) is 51.8 Å². The summed E-state index contributed by atoms with van der Waals surface area (Å²) in [5, 5.41) is 0. The molecule has 0 aromatic carbocycles. The number of hydrogen-bond acceptors (Lipinski definition) is 3. The molecule has 0 aromatic rings. The highest BCUT2D eigenvalue weighted by atomic mass is 35.5. The van der Waals surface area contributed by atoms with E-state index in [2.05, 4.69) is 20.8 Å². The van der Waals surface area contributed by atoms with Crippen molar-refractivity contribution in [1.82, 2.24) is 4.90 Å². The number of halogens is 1. The van der Waals surface area contributed by atoms with Gasteiger partial charge >= 0.3 is 0 Å². The summed E-state index contributed by atoms with van der Waals surface area (Å²) in [6.45, 7) is 8.90. The minimum absolute atomic E-state index is 0. The fraction of sp³-hybridized carbons (Fsp3) is 0.933. The van der Waals surface area contributed by atoms with Crippen LogP contribution in [0.2, 0.25) is 0 Å². The van der Waals surface area contributed by atoms with Gasteiger partial charge in [0.25, 0.3) is 0 Å². The van der Waals surface area contributed by atoms with E-state index in [1.165, 1.54) is 0 Å².